The van der Waals surface area contributed by atoms with Crippen molar-refractivity contribution >= 4 is 0 Å². The Labute approximate surface area is 109 Å². The molecule has 0 spiro atoms. The highest BCUT2D eigenvalue weighted by atomic mass is 16.5. The highest BCUT2D eigenvalue weighted by Crippen LogP contribution is 2.28. The second-order valence-corrected chi connectivity index (χ2v) is 4.37. The SMILES string of the molecule is Cc1c(-c2ccccc2)nc(=O)c2cccn(O)c1-2. The lowest BCUT2D eigenvalue weighted by atomic mass is 10.0. The van der Waals surface area contributed by atoms with Crippen molar-refractivity contribution in [3.8, 4) is 22.5 Å². The molecule has 0 bridgehead atoms. The topological polar surface area (TPSA) is 55.1 Å². The van der Waals surface area contributed by atoms with E-state index in [1.807, 2.05) is 37.3 Å². The van der Waals surface area contributed by atoms with Crippen LogP contribution in [0.1, 0.15) is 5.56 Å². The molecule has 1 N–H and O–H groups in total. The van der Waals surface area contributed by atoms with Crippen LogP contribution >= 0.6 is 0 Å². The molecule has 1 aromatic carbocycles. The monoisotopic (exact) mass is 252 g/mol. The van der Waals surface area contributed by atoms with Crippen LogP contribution in [0.2, 0.25) is 0 Å². The summed E-state index contributed by atoms with van der Waals surface area (Å²) in [4.78, 5) is 16.2. The average Bonchev–Trinajstić information content (AvgIpc) is 2.43. The van der Waals surface area contributed by atoms with Crippen LogP contribution in [0.25, 0.3) is 22.5 Å². The second-order valence-electron chi connectivity index (χ2n) is 4.37. The van der Waals surface area contributed by atoms with Gasteiger partial charge in [-0.3, -0.25) is 4.79 Å². The van der Waals surface area contributed by atoms with Gasteiger partial charge >= 0.3 is 0 Å². The van der Waals surface area contributed by atoms with Gasteiger partial charge in [0.1, 0.15) is 0 Å². The molecule has 94 valence electrons. The molecule has 0 radical (unpaired) electrons. The highest BCUT2D eigenvalue weighted by Gasteiger charge is 2.18. The molecule has 0 atom stereocenters. The van der Waals surface area contributed by atoms with Crippen molar-refractivity contribution in [2.75, 3.05) is 0 Å². The van der Waals surface area contributed by atoms with E-state index in [0.717, 1.165) is 15.9 Å². The Morgan fingerprint density at radius 1 is 1.11 bits per heavy atom. The number of aromatic nitrogens is 2. The maximum Gasteiger partial charge on any atom is 0.279 e. The summed E-state index contributed by atoms with van der Waals surface area (Å²) < 4.78 is 0.972. The summed E-state index contributed by atoms with van der Waals surface area (Å²) in [5.41, 5.74) is 2.84. The van der Waals surface area contributed by atoms with Crippen LogP contribution in [0.3, 0.4) is 0 Å². The van der Waals surface area contributed by atoms with E-state index in [-0.39, 0.29) is 5.56 Å². The fraction of sp³-hybridized carbons (Fsp3) is 0.0667. The summed E-state index contributed by atoms with van der Waals surface area (Å²) >= 11 is 0. The first kappa shape index (κ1) is 11.5. The third kappa shape index (κ3) is 1.78. The molecule has 0 fully saturated rings. The van der Waals surface area contributed by atoms with Gasteiger partial charge in [0.25, 0.3) is 5.56 Å². The van der Waals surface area contributed by atoms with Crippen LogP contribution in [-0.2, 0) is 0 Å². The van der Waals surface area contributed by atoms with Crippen LogP contribution < -0.4 is 5.56 Å². The number of hydrogen-bond acceptors (Lipinski definition) is 3. The van der Waals surface area contributed by atoms with Crippen molar-refractivity contribution in [1.29, 1.82) is 0 Å². The molecule has 1 aromatic rings. The molecule has 2 aliphatic rings. The molecule has 4 nitrogen and oxygen atoms in total. The fourth-order valence-corrected chi connectivity index (χ4v) is 2.28. The van der Waals surface area contributed by atoms with Gasteiger partial charge in [-0.05, 0) is 19.1 Å². The Kier molecular flexibility index (Phi) is 2.56. The Bertz CT molecular complexity index is 763. The zero-order chi connectivity index (χ0) is 13.4. The summed E-state index contributed by atoms with van der Waals surface area (Å²) in [7, 11) is 0. The van der Waals surface area contributed by atoms with Crippen LogP contribution in [-0.4, -0.2) is 14.9 Å². The molecule has 0 aliphatic carbocycles. The molecule has 4 heteroatoms. The second kappa shape index (κ2) is 4.24. The van der Waals surface area contributed by atoms with E-state index in [1.54, 1.807) is 12.1 Å². The maximum atomic E-state index is 12.0. The van der Waals surface area contributed by atoms with E-state index >= 15 is 0 Å². The lowest BCUT2D eigenvalue weighted by Crippen LogP contribution is -2.17. The lowest BCUT2D eigenvalue weighted by Gasteiger charge is -2.14. The van der Waals surface area contributed by atoms with Gasteiger partial charge in [-0.25, -0.2) is 4.98 Å². The van der Waals surface area contributed by atoms with Gasteiger partial charge < -0.3 is 5.21 Å². The van der Waals surface area contributed by atoms with Crippen molar-refractivity contribution in [1.82, 2.24) is 9.71 Å². The normalized spacial score (nSPS) is 10.8. The quantitative estimate of drug-likeness (QED) is 0.677. The van der Waals surface area contributed by atoms with Crippen molar-refractivity contribution in [3.63, 3.8) is 0 Å². The molecule has 3 rings (SSSR count). The van der Waals surface area contributed by atoms with Crippen molar-refractivity contribution in [2.45, 2.75) is 6.92 Å². The molecule has 2 aliphatic heterocycles. The van der Waals surface area contributed by atoms with Crippen molar-refractivity contribution < 1.29 is 5.21 Å². The van der Waals surface area contributed by atoms with Gasteiger partial charge in [0.2, 0.25) is 0 Å². The fourth-order valence-electron chi connectivity index (χ4n) is 2.28. The van der Waals surface area contributed by atoms with Gasteiger partial charge in [0.15, 0.2) is 0 Å². The standard InChI is InChI=1S/C15H12N2O2/c1-10-13(11-6-3-2-4-7-11)16-15(18)12-8-5-9-17(19)14(10)12/h2-9,19H,1H3. The van der Waals surface area contributed by atoms with Crippen molar-refractivity contribution in [3.05, 3.63) is 64.6 Å². The number of rotatable bonds is 1. The van der Waals surface area contributed by atoms with E-state index in [1.165, 1.54) is 6.20 Å². The van der Waals surface area contributed by atoms with E-state index in [9.17, 15) is 10.0 Å². The summed E-state index contributed by atoms with van der Waals surface area (Å²) in [5.74, 6) is 0. The minimum atomic E-state index is -0.331. The first-order chi connectivity index (χ1) is 9.18. The zero-order valence-electron chi connectivity index (χ0n) is 10.4. The minimum Gasteiger partial charge on any atom is -0.428 e. The summed E-state index contributed by atoms with van der Waals surface area (Å²) in [6.45, 7) is 1.85. The molecule has 0 saturated heterocycles. The molecule has 2 heterocycles. The van der Waals surface area contributed by atoms with Crippen LogP contribution in [0.5, 0.6) is 0 Å². The van der Waals surface area contributed by atoms with E-state index < -0.39 is 0 Å². The van der Waals surface area contributed by atoms with Crippen LogP contribution in [0.4, 0.5) is 0 Å². The number of hydrogen-bond donors (Lipinski definition) is 1. The van der Waals surface area contributed by atoms with Crippen LogP contribution in [0.15, 0.2) is 53.5 Å². The van der Waals surface area contributed by atoms with E-state index in [0.29, 0.717) is 17.0 Å². The van der Waals surface area contributed by atoms with Gasteiger partial charge in [-0.2, -0.15) is 4.73 Å². The molecular weight excluding hydrogens is 240 g/mol. The Hall–Kier alpha value is -2.62. The zero-order valence-corrected chi connectivity index (χ0v) is 10.4. The van der Waals surface area contributed by atoms with E-state index in [2.05, 4.69) is 4.98 Å². The van der Waals surface area contributed by atoms with E-state index in [4.69, 9.17) is 0 Å². The molecule has 0 unspecified atom stereocenters. The molecule has 0 aromatic heterocycles. The summed E-state index contributed by atoms with van der Waals surface area (Å²) in [6, 6.07) is 12.8. The highest BCUT2D eigenvalue weighted by molar-refractivity contribution is 5.74. The van der Waals surface area contributed by atoms with Crippen LogP contribution in [0, 0.1) is 6.92 Å². The van der Waals surface area contributed by atoms with Gasteiger partial charge in [0, 0.05) is 17.3 Å². The third-order valence-corrected chi connectivity index (χ3v) is 3.18. The number of fused-ring (bicyclic) bond motifs is 1. The smallest absolute Gasteiger partial charge is 0.279 e. The molecular formula is C15H12N2O2. The molecule has 0 amide bonds. The first-order valence-corrected chi connectivity index (χ1v) is 5.95. The Morgan fingerprint density at radius 2 is 1.84 bits per heavy atom. The number of benzene rings is 1. The van der Waals surface area contributed by atoms with Gasteiger partial charge in [-0.1, -0.05) is 30.3 Å². The molecule has 19 heavy (non-hydrogen) atoms. The lowest BCUT2D eigenvalue weighted by molar-refractivity contribution is 0.188. The Balaban J connectivity index is 2.41. The average molecular weight is 252 g/mol. The first-order valence-electron chi connectivity index (χ1n) is 5.95. The predicted octanol–water partition coefficient (Wildman–Crippen LogP) is 2.56. The maximum absolute atomic E-state index is 12.0. The summed E-state index contributed by atoms with van der Waals surface area (Å²) in [6.07, 6.45) is 1.50. The largest absolute Gasteiger partial charge is 0.428 e. The minimum absolute atomic E-state index is 0.331. The predicted molar refractivity (Wildman–Crippen MR) is 72.5 cm³/mol. The van der Waals surface area contributed by atoms with Gasteiger partial charge in [0.05, 0.1) is 17.0 Å². The third-order valence-electron chi connectivity index (χ3n) is 3.18. The van der Waals surface area contributed by atoms with Gasteiger partial charge in [-0.15, -0.1) is 0 Å². The Morgan fingerprint density at radius 3 is 2.58 bits per heavy atom. The number of pyridine rings is 2. The molecule has 0 saturated carbocycles. The summed E-state index contributed by atoms with van der Waals surface area (Å²) in [5, 5.41) is 9.90. The number of nitrogens with zero attached hydrogens (tertiary/aromatic N) is 2. The van der Waals surface area contributed by atoms with Crippen molar-refractivity contribution in [2.24, 2.45) is 0 Å².